The van der Waals surface area contributed by atoms with E-state index >= 15 is 0 Å². The molecular formula is C45H52N6O9. The molecule has 15 heteroatoms. The van der Waals surface area contributed by atoms with Gasteiger partial charge in [-0.3, -0.25) is 13.6 Å². The van der Waals surface area contributed by atoms with Gasteiger partial charge in [-0.15, -0.1) is 0 Å². The Balaban J connectivity index is 0.718. The van der Waals surface area contributed by atoms with Crippen LogP contribution in [0.25, 0.3) is 11.3 Å². The van der Waals surface area contributed by atoms with Gasteiger partial charge in [0.15, 0.2) is 22.8 Å². The molecule has 4 heterocycles. The van der Waals surface area contributed by atoms with E-state index in [1.54, 1.807) is 4.40 Å². The van der Waals surface area contributed by atoms with Gasteiger partial charge in [-0.05, 0) is 61.4 Å². The molecule has 0 spiro atoms. The molecule has 0 bridgehead atoms. The Morgan fingerprint density at radius 3 is 1.72 bits per heavy atom. The summed E-state index contributed by atoms with van der Waals surface area (Å²) in [6.07, 6.45) is 4.00. The minimum absolute atomic E-state index is 0.230. The molecule has 1 N–H and O–H groups in total. The number of carbonyl (C=O) groups is 1. The molecule has 0 unspecified atom stereocenters. The molecule has 4 aromatic heterocycles. The van der Waals surface area contributed by atoms with E-state index in [-0.39, 0.29) is 5.91 Å². The van der Waals surface area contributed by atoms with Crippen LogP contribution in [0, 0.1) is 25.2 Å². The van der Waals surface area contributed by atoms with Crippen molar-refractivity contribution in [2.45, 2.75) is 33.5 Å². The summed E-state index contributed by atoms with van der Waals surface area (Å²) in [6.45, 7) is 9.62. The molecule has 2 aromatic carbocycles. The van der Waals surface area contributed by atoms with Gasteiger partial charge in [-0.1, -0.05) is 42.5 Å². The van der Waals surface area contributed by atoms with Crippen molar-refractivity contribution in [2.24, 2.45) is 0 Å². The monoisotopic (exact) mass is 820 g/mol. The van der Waals surface area contributed by atoms with Crippen LogP contribution in [-0.2, 0) is 43.3 Å². The summed E-state index contributed by atoms with van der Waals surface area (Å²) in [5, 5.41) is 12.0. The minimum Gasteiger partial charge on any atom is -0.491 e. The number of nitrogens with zero attached hydrogens (tertiary/aromatic N) is 5. The molecule has 316 valence electrons. The molecule has 0 aliphatic carbocycles. The Labute approximate surface area is 349 Å². The normalized spacial score (nSPS) is 11.2. The number of nitrogens with one attached hydrogen (secondary N) is 1. The number of amides is 1. The molecule has 0 saturated heterocycles. The first-order valence-electron chi connectivity index (χ1n) is 20.0. The van der Waals surface area contributed by atoms with E-state index in [1.807, 2.05) is 110 Å². The number of ether oxygens (including phenoxy) is 8. The van der Waals surface area contributed by atoms with Crippen LogP contribution in [0.2, 0.25) is 0 Å². The summed E-state index contributed by atoms with van der Waals surface area (Å²) in [5.74, 6) is 1.79. The number of carbonyl (C=O) groups excluding carboxylic acids is 1. The average molecular weight is 821 g/mol. The van der Waals surface area contributed by atoms with E-state index in [1.165, 1.54) is 0 Å². The van der Waals surface area contributed by atoms with Crippen molar-refractivity contribution in [3.8, 4) is 23.3 Å². The van der Waals surface area contributed by atoms with Crippen LogP contribution in [-0.4, -0.2) is 104 Å². The summed E-state index contributed by atoms with van der Waals surface area (Å²) in [6, 6.07) is 27.3. The highest BCUT2D eigenvalue weighted by Crippen LogP contribution is 2.25. The largest absolute Gasteiger partial charge is 0.491 e. The standard InChI is InChI=1S/C45H52N6O9/c1-34-39(16-17-46)50-19-6-10-40(43(50)48-34)60-33-37-12-14-38(15-13-37)58-31-30-57-29-28-56-27-26-55-25-24-54-23-22-53-21-18-47-45(52)42-35(2)49-44-41(11-7-20-51(42)44)59-32-36-8-4-3-5-9-36/h3-15,19-20H,16,18,21-33H2,1-2H3,(H,47,52). The van der Waals surface area contributed by atoms with Crippen molar-refractivity contribution in [2.75, 3.05) is 79.2 Å². The molecule has 1 amide bonds. The van der Waals surface area contributed by atoms with E-state index in [9.17, 15) is 4.79 Å². The van der Waals surface area contributed by atoms with Crippen molar-refractivity contribution < 1.29 is 42.7 Å². The summed E-state index contributed by atoms with van der Waals surface area (Å²) in [7, 11) is 0. The Bertz CT molecular complexity index is 2270. The number of rotatable bonds is 27. The second-order valence-electron chi connectivity index (χ2n) is 13.5. The van der Waals surface area contributed by atoms with Crippen molar-refractivity contribution in [1.82, 2.24) is 24.1 Å². The summed E-state index contributed by atoms with van der Waals surface area (Å²) < 4.78 is 49.4. The van der Waals surface area contributed by atoms with E-state index in [0.717, 1.165) is 28.3 Å². The van der Waals surface area contributed by atoms with Crippen LogP contribution in [0.3, 0.4) is 0 Å². The Hall–Kier alpha value is -6.02. The fraction of sp³-hybridized carbons (Fsp3) is 0.378. The lowest BCUT2D eigenvalue weighted by molar-refractivity contribution is -0.0124. The van der Waals surface area contributed by atoms with E-state index in [4.69, 9.17) is 43.2 Å². The molecule has 0 fully saturated rings. The average Bonchev–Trinajstić information content (AvgIpc) is 3.79. The molecular weight excluding hydrogens is 769 g/mol. The zero-order valence-corrected chi connectivity index (χ0v) is 34.2. The topological polar surface area (TPSA) is 161 Å². The third-order valence-electron chi connectivity index (χ3n) is 9.23. The van der Waals surface area contributed by atoms with Crippen LogP contribution in [0.1, 0.15) is 38.7 Å². The lowest BCUT2D eigenvalue weighted by Gasteiger charge is -2.10. The Morgan fingerprint density at radius 1 is 0.600 bits per heavy atom. The molecule has 0 aliphatic rings. The minimum atomic E-state index is -0.230. The lowest BCUT2D eigenvalue weighted by atomic mass is 10.2. The van der Waals surface area contributed by atoms with Gasteiger partial charge in [0.1, 0.15) is 31.3 Å². The number of nitriles is 1. The molecule has 0 saturated carbocycles. The number of benzene rings is 2. The zero-order chi connectivity index (χ0) is 41.8. The maximum Gasteiger partial charge on any atom is 0.270 e. The van der Waals surface area contributed by atoms with Gasteiger partial charge in [-0.25, -0.2) is 9.97 Å². The SMILES string of the molecule is Cc1nc2c(OCc3ccc(OCCOCCOCCOCCOCCOCCNC(=O)c4c(C)nc5c(OCc6ccccc6)cccn45)cc3)cccn2c1CC#N. The van der Waals surface area contributed by atoms with Crippen LogP contribution in [0.15, 0.2) is 91.3 Å². The molecule has 6 rings (SSSR count). The predicted molar refractivity (Wildman–Crippen MR) is 223 cm³/mol. The molecule has 0 atom stereocenters. The highest BCUT2D eigenvalue weighted by molar-refractivity contribution is 5.95. The lowest BCUT2D eigenvalue weighted by Crippen LogP contribution is -2.29. The van der Waals surface area contributed by atoms with Gasteiger partial charge in [0.25, 0.3) is 5.91 Å². The van der Waals surface area contributed by atoms with Gasteiger partial charge in [0.2, 0.25) is 0 Å². The Morgan fingerprint density at radius 2 is 1.12 bits per heavy atom. The first-order valence-corrected chi connectivity index (χ1v) is 20.0. The van der Waals surface area contributed by atoms with Gasteiger partial charge in [0.05, 0.1) is 95.6 Å². The quantitative estimate of drug-likeness (QED) is 0.0631. The van der Waals surface area contributed by atoms with Crippen molar-refractivity contribution in [3.05, 3.63) is 125 Å². The molecule has 6 aromatic rings. The van der Waals surface area contributed by atoms with Gasteiger partial charge >= 0.3 is 0 Å². The summed E-state index contributed by atoms with van der Waals surface area (Å²) in [5.41, 5.74) is 6.12. The van der Waals surface area contributed by atoms with Crippen LogP contribution in [0.4, 0.5) is 0 Å². The second kappa shape index (κ2) is 23.5. The van der Waals surface area contributed by atoms with Gasteiger partial charge in [0, 0.05) is 18.9 Å². The number of aromatic nitrogens is 4. The number of imidazole rings is 2. The molecule has 60 heavy (non-hydrogen) atoms. The van der Waals surface area contributed by atoms with Crippen molar-refractivity contribution in [1.29, 1.82) is 5.26 Å². The van der Waals surface area contributed by atoms with Crippen molar-refractivity contribution >= 4 is 17.2 Å². The third-order valence-corrected chi connectivity index (χ3v) is 9.23. The first kappa shape index (κ1) is 43.6. The van der Waals surface area contributed by atoms with Gasteiger partial charge in [-0.2, -0.15) is 5.26 Å². The van der Waals surface area contributed by atoms with Crippen LogP contribution in [0.5, 0.6) is 17.2 Å². The van der Waals surface area contributed by atoms with E-state index in [2.05, 4.69) is 21.4 Å². The fourth-order valence-corrected chi connectivity index (χ4v) is 6.25. The zero-order valence-electron chi connectivity index (χ0n) is 34.2. The smallest absolute Gasteiger partial charge is 0.270 e. The summed E-state index contributed by atoms with van der Waals surface area (Å²) in [4.78, 5) is 22.2. The third kappa shape index (κ3) is 12.7. The highest BCUT2D eigenvalue weighted by Gasteiger charge is 2.19. The maximum atomic E-state index is 13.0. The molecule has 0 aliphatic heterocycles. The summed E-state index contributed by atoms with van der Waals surface area (Å²) >= 11 is 0. The van der Waals surface area contributed by atoms with Crippen molar-refractivity contribution in [3.63, 3.8) is 0 Å². The van der Waals surface area contributed by atoms with Crippen LogP contribution >= 0.6 is 0 Å². The molecule has 15 nitrogen and oxygen atoms in total. The Kier molecular flexibility index (Phi) is 17.1. The number of pyridine rings is 2. The highest BCUT2D eigenvalue weighted by atomic mass is 16.6. The maximum absolute atomic E-state index is 13.0. The number of hydrogen-bond acceptors (Lipinski definition) is 12. The van der Waals surface area contributed by atoms with E-state index in [0.29, 0.717) is 133 Å². The fourth-order valence-electron chi connectivity index (χ4n) is 6.25. The number of fused-ring (bicyclic) bond motifs is 2. The van der Waals surface area contributed by atoms with E-state index < -0.39 is 0 Å². The van der Waals surface area contributed by atoms with Gasteiger partial charge < -0.3 is 43.2 Å². The first-order chi connectivity index (χ1) is 29.5. The number of aryl methyl sites for hydroxylation is 2. The van der Waals surface area contributed by atoms with Crippen LogP contribution < -0.4 is 19.5 Å². The number of hydrogen-bond donors (Lipinski definition) is 1. The predicted octanol–water partition coefficient (Wildman–Crippen LogP) is 5.71. The molecule has 0 radical (unpaired) electrons. The second-order valence-corrected chi connectivity index (χ2v) is 13.5.